The number of hydrogen-bond acceptors (Lipinski definition) is 1. The summed E-state index contributed by atoms with van der Waals surface area (Å²) in [6.45, 7) is 4.95. The Bertz CT molecular complexity index is 520. The summed E-state index contributed by atoms with van der Waals surface area (Å²) >= 11 is 0. The van der Waals surface area contributed by atoms with Gasteiger partial charge < -0.3 is 4.90 Å². The van der Waals surface area contributed by atoms with Crippen LogP contribution < -0.4 is 5.19 Å². The Morgan fingerprint density at radius 2 is 1.35 bits per heavy atom. The third kappa shape index (κ3) is 3.59. The van der Waals surface area contributed by atoms with Gasteiger partial charge in [-0.05, 0) is 25.7 Å². The van der Waals surface area contributed by atoms with Crippen LogP contribution in [0.5, 0.6) is 0 Å². The van der Waals surface area contributed by atoms with Gasteiger partial charge in [-0.2, -0.15) is 0 Å². The van der Waals surface area contributed by atoms with Crippen molar-refractivity contribution in [2.45, 2.75) is 25.2 Å². The molecular weight excluding hydrogens is 259 g/mol. The van der Waals surface area contributed by atoms with E-state index in [2.05, 4.69) is 92.8 Å². The van der Waals surface area contributed by atoms with Crippen LogP contribution in [0.1, 0.15) is 11.6 Å². The Morgan fingerprint density at radius 1 is 0.850 bits per heavy atom. The van der Waals surface area contributed by atoms with Gasteiger partial charge in [-0.3, -0.25) is 0 Å². The molecule has 0 aliphatic heterocycles. The van der Waals surface area contributed by atoms with Crippen LogP contribution in [0.15, 0.2) is 60.7 Å². The Balaban J connectivity index is 2.25. The van der Waals surface area contributed by atoms with E-state index in [0.717, 1.165) is 0 Å². The van der Waals surface area contributed by atoms with Gasteiger partial charge in [0.05, 0.1) is 8.07 Å². The Hall–Kier alpha value is -1.38. The molecule has 2 aromatic carbocycles. The lowest BCUT2D eigenvalue weighted by atomic mass is 10.2. The summed E-state index contributed by atoms with van der Waals surface area (Å²) in [5, 5.41) is 1.54. The molecule has 0 radical (unpaired) electrons. The quantitative estimate of drug-likeness (QED) is 0.594. The normalized spacial score (nSPS) is 13.4. The van der Waals surface area contributed by atoms with Crippen LogP contribution in [0, 0.1) is 0 Å². The predicted molar refractivity (Wildman–Crippen MR) is 91.2 cm³/mol. The maximum Gasteiger partial charge on any atom is 0.0825 e. The van der Waals surface area contributed by atoms with Crippen molar-refractivity contribution in [1.29, 1.82) is 0 Å². The van der Waals surface area contributed by atoms with E-state index >= 15 is 0 Å². The summed E-state index contributed by atoms with van der Waals surface area (Å²) in [5.74, 6) is 0. The molecule has 0 bridgehead atoms. The number of nitrogens with zero attached hydrogens (tertiary/aromatic N) is 1. The smallest absolute Gasteiger partial charge is 0.0825 e. The zero-order valence-electron chi connectivity index (χ0n) is 13.0. The molecule has 0 heterocycles. The topological polar surface area (TPSA) is 3.24 Å². The molecule has 0 amide bonds. The maximum atomic E-state index is 2.47. The van der Waals surface area contributed by atoms with Crippen molar-refractivity contribution in [2.75, 3.05) is 14.1 Å². The van der Waals surface area contributed by atoms with Crippen molar-refractivity contribution >= 4 is 13.3 Å². The lowest BCUT2D eigenvalue weighted by Gasteiger charge is -2.33. The van der Waals surface area contributed by atoms with Crippen molar-refractivity contribution in [3.05, 3.63) is 66.2 Å². The highest BCUT2D eigenvalue weighted by molar-refractivity contribution is 6.89. The van der Waals surface area contributed by atoms with E-state index in [1.807, 2.05) is 0 Å². The van der Waals surface area contributed by atoms with Crippen LogP contribution in [0.25, 0.3) is 0 Å². The minimum Gasteiger partial charge on any atom is -0.303 e. The molecule has 0 spiro atoms. The van der Waals surface area contributed by atoms with Crippen molar-refractivity contribution in [3.63, 3.8) is 0 Å². The van der Waals surface area contributed by atoms with Crippen molar-refractivity contribution < 1.29 is 0 Å². The molecule has 0 fully saturated rings. The summed E-state index contributed by atoms with van der Waals surface area (Å²) in [4.78, 5) is 2.35. The van der Waals surface area contributed by atoms with E-state index in [9.17, 15) is 0 Å². The maximum absolute atomic E-state index is 2.47. The first kappa shape index (κ1) is 15.0. The van der Waals surface area contributed by atoms with Crippen LogP contribution >= 0.6 is 0 Å². The van der Waals surface area contributed by atoms with Crippen molar-refractivity contribution in [1.82, 2.24) is 4.90 Å². The lowest BCUT2D eigenvalue weighted by Crippen LogP contribution is -2.44. The van der Waals surface area contributed by atoms with Crippen molar-refractivity contribution in [2.24, 2.45) is 0 Å². The van der Waals surface area contributed by atoms with E-state index < -0.39 is 8.07 Å². The van der Waals surface area contributed by atoms with Gasteiger partial charge in [-0.25, -0.2) is 0 Å². The summed E-state index contributed by atoms with van der Waals surface area (Å²) in [5.41, 5.74) is 1.43. The van der Waals surface area contributed by atoms with Crippen LogP contribution in [0.4, 0.5) is 0 Å². The fourth-order valence-corrected chi connectivity index (χ4v) is 5.66. The Labute approximate surface area is 124 Å². The SMILES string of the molecule is CN(C)[13CH](C[Si](C)(C)c1ccccc1)c1ccccc1. The monoisotopic (exact) mass is 284 g/mol. The Morgan fingerprint density at radius 3 is 1.85 bits per heavy atom. The van der Waals surface area contributed by atoms with Crippen LogP contribution in [-0.2, 0) is 0 Å². The molecule has 1 atom stereocenters. The van der Waals surface area contributed by atoms with E-state index in [-0.39, 0.29) is 0 Å². The molecule has 1 nitrogen and oxygen atoms in total. The fourth-order valence-electron chi connectivity index (χ4n) is 2.76. The molecule has 2 aromatic rings. The Kier molecular flexibility index (Phi) is 4.79. The molecule has 2 rings (SSSR count). The summed E-state index contributed by atoms with van der Waals surface area (Å²) in [6, 6.07) is 23.6. The third-order valence-corrected chi connectivity index (χ3v) is 7.37. The first-order valence-corrected chi connectivity index (χ1v) is 10.5. The van der Waals surface area contributed by atoms with Gasteiger partial charge in [-0.15, -0.1) is 0 Å². The lowest BCUT2D eigenvalue weighted by molar-refractivity contribution is 0.319. The van der Waals surface area contributed by atoms with E-state index in [1.165, 1.54) is 11.6 Å². The molecular formula is C18H25NSi. The average Bonchev–Trinajstić information content (AvgIpc) is 2.46. The van der Waals surface area contributed by atoms with Gasteiger partial charge in [0.1, 0.15) is 0 Å². The van der Waals surface area contributed by atoms with Crippen LogP contribution in [-0.4, -0.2) is 27.1 Å². The van der Waals surface area contributed by atoms with Gasteiger partial charge in [0.15, 0.2) is 0 Å². The third-order valence-electron chi connectivity index (χ3n) is 4.07. The highest BCUT2D eigenvalue weighted by Gasteiger charge is 2.29. The second-order valence-corrected chi connectivity index (χ2v) is 11.1. The number of hydrogen-bond donors (Lipinski definition) is 0. The van der Waals surface area contributed by atoms with Crippen LogP contribution in [0.3, 0.4) is 0 Å². The zero-order valence-corrected chi connectivity index (χ0v) is 14.0. The summed E-state index contributed by atoms with van der Waals surface area (Å²) in [6.07, 6.45) is 0. The second-order valence-electron chi connectivity index (χ2n) is 6.34. The first-order chi connectivity index (χ1) is 9.50. The predicted octanol–water partition coefficient (Wildman–Crippen LogP) is 3.90. The first-order valence-electron chi connectivity index (χ1n) is 7.27. The van der Waals surface area contributed by atoms with E-state index in [4.69, 9.17) is 0 Å². The van der Waals surface area contributed by atoms with Gasteiger partial charge in [0.2, 0.25) is 0 Å². The molecule has 0 N–H and O–H groups in total. The van der Waals surface area contributed by atoms with E-state index in [1.54, 1.807) is 5.19 Å². The largest absolute Gasteiger partial charge is 0.303 e. The van der Waals surface area contributed by atoms with Gasteiger partial charge in [-0.1, -0.05) is 78.9 Å². The molecule has 0 aliphatic carbocycles. The summed E-state index contributed by atoms with van der Waals surface area (Å²) < 4.78 is 0. The molecule has 2 heteroatoms. The number of rotatable bonds is 5. The van der Waals surface area contributed by atoms with Gasteiger partial charge in [0, 0.05) is 6.04 Å². The fraction of sp³-hybridized carbons (Fsp3) is 0.333. The summed E-state index contributed by atoms with van der Waals surface area (Å²) in [7, 11) is 2.95. The molecule has 0 aliphatic rings. The van der Waals surface area contributed by atoms with Crippen LogP contribution in [0.2, 0.25) is 19.1 Å². The molecule has 0 saturated heterocycles. The zero-order chi connectivity index (χ0) is 14.6. The molecule has 1 unspecified atom stereocenters. The standard InChI is InChI=1S/C18H25NSi/c1-19(2)18(16-11-7-5-8-12-16)15-20(3,4)17-13-9-6-10-14-17/h5-14,18H,15H2,1-4H3/i18+1. The molecule has 20 heavy (non-hydrogen) atoms. The number of benzene rings is 2. The minimum absolute atomic E-state index is 0.498. The van der Waals surface area contributed by atoms with Crippen molar-refractivity contribution in [3.8, 4) is 0 Å². The molecule has 0 aromatic heterocycles. The highest BCUT2D eigenvalue weighted by Crippen LogP contribution is 2.28. The van der Waals surface area contributed by atoms with Gasteiger partial charge in [0.25, 0.3) is 0 Å². The van der Waals surface area contributed by atoms with E-state index in [0.29, 0.717) is 6.04 Å². The second kappa shape index (κ2) is 6.38. The van der Waals surface area contributed by atoms with Gasteiger partial charge >= 0.3 is 0 Å². The highest BCUT2D eigenvalue weighted by atomic mass is 28.3. The minimum atomic E-state index is -1.43. The average molecular weight is 284 g/mol. The molecule has 106 valence electrons. The molecule has 0 saturated carbocycles.